The molecule has 4 aromatic carbocycles. The van der Waals surface area contributed by atoms with Gasteiger partial charge in [0.2, 0.25) is 0 Å². The zero-order valence-corrected chi connectivity index (χ0v) is 52.5. The van der Waals surface area contributed by atoms with Crippen LogP contribution in [0.1, 0.15) is 115 Å². The third kappa shape index (κ3) is 25.2. The van der Waals surface area contributed by atoms with Crippen molar-refractivity contribution in [2.24, 2.45) is 71.6 Å². The predicted molar refractivity (Wildman–Crippen MR) is 348 cm³/mol. The van der Waals surface area contributed by atoms with Gasteiger partial charge in [-0.25, -0.2) is 0 Å². The third-order valence-electron chi connectivity index (χ3n) is 14.2. The maximum absolute atomic E-state index is 14.5. The maximum Gasteiger partial charge on any atom is 0.322 e. The number of guanidine groups is 4. The Hall–Kier alpha value is -10.9. The molecule has 0 aliphatic carbocycles. The number of ketones is 4. The second-order valence-corrected chi connectivity index (χ2v) is 21.3. The normalized spacial score (nSPS) is 12.0. The second kappa shape index (κ2) is 38.0. The van der Waals surface area contributed by atoms with Gasteiger partial charge in [-0.3, -0.25) is 63.1 Å². The predicted octanol–water partition coefficient (Wildman–Crippen LogP) is -1.08. The number of hydrogen-bond acceptors (Lipinski definition) is 18. The molecule has 0 radical (unpaired) electrons. The van der Waals surface area contributed by atoms with E-state index in [0.29, 0.717) is 41.6 Å². The number of carboxylic acid groups (broad SMARTS) is 1. The number of rotatable bonds is 41. The quantitative estimate of drug-likeness (QED) is 0.0143. The Kier molecular flexibility index (Phi) is 30.5. The van der Waals surface area contributed by atoms with Gasteiger partial charge in [-0.15, -0.1) is 0 Å². The van der Waals surface area contributed by atoms with Crippen LogP contribution in [0.25, 0.3) is 0 Å². The van der Waals surface area contributed by atoms with Crippen molar-refractivity contribution in [1.82, 2.24) is 21.3 Å². The maximum atomic E-state index is 14.5. The van der Waals surface area contributed by atoms with Crippen LogP contribution in [-0.2, 0) is 49.7 Å². The first-order valence-electron chi connectivity index (χ1n) is 29.5. The van der Waals surface area contributed by atoms with Crippen LogP contribution in [-0.4, -0.2) is 167 Å². The van der Waals surface area contributed by atoms with Gasteiger partial charge in [0, 0.05) is 51.9 Å². The highest BCUT2D eigenvalue weighted by Gasteiger charge is 2.29. The Morgan fingerprint density at radius 2 is 0.656 bits per heavy atom. The number of ether oxygens (including phenoxy) is 4. The highest BCUT2D eigenvalue weighted by molar-refractivity contribution is 6.04. The van der Waals surface area contributed by atoms with Crippen LogP contribution in [0.3, 0.4) is 0 Å². The Morgan fingerprint density at radius 3 is 0.914 bits per heavy atom. The molecule has 0 unspecified atom stereocenters. The average molecular weight is 1290 g/mol. The molecule has 0 aliphatic rings. The molecule has 4 amide bonds. The van der Waals surface area contributed by atoms with E-state index in [1.807, 2.05) is 0 Å². The first-order valence-corrected chi connectivity index (χ1v) is 29.5. The molecule has 0 aliphatic heterocycles. The molecular weight excluding hydrogens is 1210 g/mol. The zero-order valence-electron chi connectivity index (χ0n) is 52.5. The molecule has 0 fully saturated rings. The van der Waals surface area contributed by atoms with Crippen LogP contribution in [0, 0.1) is 0 Å². The fourth-order valence-corrected chi connectivity index (χ4v) is 9.57. The van der Waals surface area contributed by atoms with Crippen LogP contribution in [0.5, 0.6) is 23.0 Å². The monoisotopic (exact) mass is 1290 g/mol. The Labute approximate surface area is 537 Å². The number of carboxylic acids is 1. The van der Waals surface area contributed by atoms with Crippen molar-refractivity contribution in [1.29, 1.82) is 0 Å². The zero-order chi connectivity index (χ0) is 68.7. The smallest absolute Gasteiger partial charge is 0.322 e. The van der Waals surface area contributed by atoms with Crippen LogP contribution in [0.4, 0.5) is 0 Å². The van der Waals surface area contributed by atoms with Crippen molar-refractivity contribution in [3.63, 3.8) is 0 Å². The van der Waals surface area contributed by atoms with Crippen molar-refractivity contribution < 1.29 is 67.2 Å². The molecule has 502 valence electrons. The molecule has 0 heterocycles. The van der Waals surface area contributed by atoms with E-state index >= 15 is 0 Å². The lowest BCUT2D eigenvalue weighted by Crippen LogP contribution is -2.42. The molecule has 0 bridgehead atoms. The number of Topliss-reactive ketones (excluding diaryl/α,β-unsaturated/α-hetero) is 4. The second-order valence-electron chi connectivity index (χ2n) is 21.3. The third-order valence-corrected chi connectivity index (χ3v) is 14.2. The van der Waals surface area contributed by atoms with Crippen molar-refractivity contribution >= 4 is 76.6 Å². The number of carbonyl (C=O) groups excluding carboxylic acids is 8. The topological polar surface area (TPSA) is 543 Å². The van der Waals surface area contributed by atoms with E-state index in [0.717, 1.165) is 0 Å². The number of carbonyl (C=O) groups is 9. The summed E-state index contributed by atoms with van der Waals surface area (Å²) in [6.45, 7) is -0.0632. The van der Waals surface area contributed by atoms with E-state index in [-0.39, 0.29) is 159 Å². The van der Waals surface area contributed by atoms with E-state index in [2.05, 4.69) is 41.2 Å². The molecule has 93 heavy (non-hydrogen) atoms. The fraction of sp³-hybridized carbons (Fsp3) is 0.403. The van der Waals surface area contributed by atoms with Gasteiger partial charge in [0.05, 0.1) is 74.9 Å². The van der Waals surface area contributed by atoms with Crippen LogP contribution in [0.15, 0.2) is 92.8 Å². The summed E-state index contributed by atoms with van der Waals surface area (Å²) in [7, 11) is 5.33. The molecule has 31 heteroatoms. The number of nitrogens with one attached hydrogen (secondary N) is 4. The Morgan fingerprint density at radius 1 is 0.398 bits per heavy atom. The van der Waals surface area contributed by atoms with Crippen LogP contribution >= 0.6 is 0 Å². The number of nitrogens with two attached hydrogens (primary N) is 9. The average Bonchev–Trinajstić information content (AvgIpc) is 1.08. The van der Waals surface area contributed by atoms with Gasteiger partial charge in [-0.05, 0) is 122 Å². The summed E-state index contributed by atoms with van der Waals surface area (Å²) in [6, 6.07) is 13.5. The molecular formula is C62H85N17O14. The van der Waals surface area contributed by atoms with E-state index in [1.165, 1.54) is 77.0 Å². The van der Waals surface area contributed by atoms with Crippen molar-refractivity contribution in [2.75, 3.05) is 61.2 Å². The highest BCUT2D eigenvalue weighted by atomic mass is 16.5. The van der Waals surface area contributed by atoms with Gasteiger partial charge < -0.3 is 96.9 Å². The number of aliphatic imine (C=N–C) groups is 4. The van der Waals surface area contributed by atoms with E-state index in [4.69, 9.17) is 75.7 Å². The number of amides is 4. The van der Waals surface area contributed by atoms with Crippen LogP contribution < -0.4 is 91.8 Å². The van der Waals surface area contributed by atoms with Gasteiger partial charge in [0.25, 0.3) is 23.6 Å². The molecule has 4 rings (SSSR count). The summed E-state index contributed by atoms with van der Waals surface area (Å²) in [6.07, 6.45) is 0.576. The largest absolute Gasteiger partial charge is 0.496 e. The molecule has 0 aromatic heterocycles. The van der Waals surface area contributed by atoms with Crippen molar-refractivity contribution in [2.45, 2.75) is 101 Å². The summed E-state index contributed by atoms with van der Waals surface area (Å²) < 4.78 is 21.9. The fourth-order valence-electron chi connectivity index (χ4n) is 9.57. The van der Waals surface area contributed by atoms with Crippen LogP contribution in [0.2, 0.25) is 0 Å². The van der Waals surface area contributed by atoms with Gasteiger partial charge in [0.15, 0.2) is 47.0 Å². The Bertz CT molecular complexity index is 3430. The van der Waals surface area contributed by atoms with Crippen molar-refractivity contribution in [3.8, 4) is 23.0 Å². The number of methoxy groups -OCH3 is 4. The van der Waals surface area contributed by atoms with E-state index in [1.54, 1.807) is 24.3 Å². The van der Waals surface area contributed by atoms with Gasteiger partial charge >= 0.3 is 5.97 Å². The first kappa shape index (κ1) is 74.6. The van der Waals surface area contributed by atoms with E-state index < -0.39 is 77.7 Å². The number of benzene rings is 4. The molecule has 0 saturated heterocycles. The van der Waals surface area contributed by atoms with E-state index in [9.17, 15) is 43.2 Å². The lowest BCUT2D eigenvalue weighted by atomic mass is 9.96. The summed E-state index contributed by atoms with van der Waals surface area (Å²) >= 11 is 0. The number of nitrogens with zero attached hydrogens (tertiary/aromatic N) is 4. The SMILES string of the molecule is COc1ccc(CC(=O)[C@H](CCCN=C(N)N)NC(=O)c2cc(CC(=O)[C@H](CCCN=C(N)N)NC(=O)c3cc(CC(=O)[C@H](CCCN=C(N)N)NC(=O)c4cc(CC(=O)[C@@H](N)CCCN=C(N)N)ccc4OC)ccc3OC)ccc2OC)cc1C(=O)NCC(=O)O. The first-order chi connectivity index (χ1) is 44.3. The highest BCUT2D eigenvalue weighted by Crippen LogP contribution is 2.27. The summed E-state index contributed by atoms with van der Waals surface area (Å²) in [5, 5.41) is 19.8. The summed E-state index contributed by atoms with van der Waals surface area (Å²) in [5.74, 6) is -6.20. The molecule has 4 atom stereocenters. The molecule has 4 aromatic rings. The molecule has 0 spiro atoms. The lowest BCUT2D eigenvalue weighted by molar-refractivity contribution is -0.136. The summed E-state index contributed by atoms with van der Waals surface area (Å²) in [5.41, 5.74) is 51.7. The molecule has 23 N–H and O–H groups in total. The number of aliphatic carboxylic acids is 1. The van der Waals surface area contributed by atoms with Gasteiger partial charge in [0.1, 0.15) is 29.5 Å². The minimum absolute atomic E-state index is 0.0261. The van der Waals surface area contributed by atoms with Gasteiger partial charge in [-0.1, -0.05) is 24.3 Å². The van der Waals surface area contributed by atoms with Crippen molar-refractivity contribution in [3.05, 3.63) is 117 Å². The van der Waals surface area contributed by atoms with Gasteiger partial charge in [-0.2, -0.15) is 0 Å². The molecule has 31 nitrogen and oxygen atoms in total. The molecule has 0 saturated carbocycles. The lowest BCUT2D eigenvalue weighted by Gasteiger charge is -2.21. The Balaban J connectivity index is 1.61. The number of hydrogen-bond donors (Lipinski definition) is 14. The minimum Gasteiger partial charge on any atom is -0.496 e. The standard InChI is InChI=1S/C62H85N17O14/c1-90-50-17-14-35(25-38(50)55(86)76-33-54(84)85)30-47(81)43(10-6-22-73-60(66)67)78-57(88)40-27-37(16-19-52(40)92-3)32-49(83)45(12-8-24-75-62(70)71)79-58(89)41-28-36(15-20-53(41)93-4)31-48(82)44(11-7-23-74-61(68)69)77-56(87)39-26-34(13-18-51(39)91-2)29-46(80)42(63)9-5-21-72-59(64)65/h13-20,25-28,42-45H,5-12,21-24,29-33,63H2,1-4H3,(H,76,86)(H,77,87)(H,78,88)(H,79,89)(H,84,85)(H4,64,65,72)(H4,66,67,73)(H4,68,69,74)(H4,70,71,75)/t42-,43-,44-,45-/m0/s1. The minimum atomic E-state index is -1.28. The summed E-state index contributed by atoms with van der Waals surface area (Å²) in [4.78, 5) is 139.